The maximum atomic E-state index is 13.0. The summed E-state index contributed by atoms with van der Waals surface area (Å²) < 4.78 is 0. The van der Waals surface area contributed by atoms with Gasteiger partial charge in [0.15, 0.2) is 0 Å². The van der Waals surface area contributed by atoms with Gasteiger partial charge < -0.3 is 15.5 Å². The van der Waals surface area contributed by atoms with Crippen LogP contribution >= 0.6 is 0 Å². The molecule has 2 saturated heterocycles. The van der Waals surface area contributed by atoms with Gasteiger partial charge in [-0.3, -0.25) is 14.5 Å². The molecule has 0 saturated carbocycles. The van der Waals surface area contributed by atoms with E-state index in [0.717, 1.165) is 69.5 Å². The third kappa shape index (κ3) is 4.11. The Kier molecular flexibility index (Phi) is 5.87. The van der Waals surface area contributed by atoms with E-state index in [1.165, 1.54) is 11.1 Å². The molecule has 2 aromatic carbocycles. The third-order valence-electron chi connectivity index (χ3n) is 7.45. The zero-order valence-corrected chi connectivity index (χ0v) is 18.6. The standard InChI is InChI=1S/C26H32N4O2/c27-25(31)24-6-3-14-30(24)23-12-16-28(17-13-23)22-9-7-20(8-10-22)26(32)29-15-11-19-4-1-2-5-21(19)18-29/h1-2,4-5,7-10,23-24H,3,6,11-18H2,(H2,27,31)/t24-/m0/s1. The molecular formula is C26H32N4O2. The molecule has 0 radical (unpaired) electrons. The number of likely N-dealkylation sites (tertiary alicyclic amines) is 1. The summed E-state index contributed by atoms with van der Waals surface area (Å²) in [5, 5.41) is 0. The summed E-state index contributed by atoms with van der Waals surface area (Å²) in [6, 6.07) is 16.8. The van der Waals surface area contributed by atoms with Crippen LogP contribution in [0.25, 0.3) is 0 Å². The van der Waals surface area contributed by atoms with Gasteiger partial charge in [0.2, 0.25) is 5.91 Å². The molecule has 3 heterocycles. The quantitative estimate of drug-likeness (QED) is 0.807. The summed E-state index contributed by atoms with van der Waals surface area (Å²) in [7, 11) is 0. The Morgan fingerprint density at radius 2 is 1.56 bits per heavy atom. The van der Waals surface area contributed by atoms with Crippen LogP contribution < -0.4 is 10.6 Å². The van der Waals surface area contributed by atoms with E-state index in [0.29, 0.717) is 12.6 Å². The molecular weight excluding hydrogens is 400 g/mol. The Balaban J connectivity index is 1.19. The van der Waals surface area contributed by atoms with Crippen molar-refractivity contribution >= 4 is 17.5 Å². The molecule has 2 fully saturated rings. The lowest BCUT2D eigenvalue weighted by atomic mass is 9.99. The molecule has 0 spiro atoms. The molecule has 3 aliphatic rings. The zero-order chi connectivity index (χ0) is 22.1. The minimum atomic E-state index is -0.178. The molecule has 0 unspecified atom stereocenters. The number of primary amides is 1. The van der Waals surface area contributed by atoms with E-state index in [1.807, 2.05) is 23.1 Å². The van der Waals surface area contributed by atoms with Crippen molar-refractivity contribution in [1.82, 2.24) is 9.80 Å². The second-order valence-electron chi connectivity index (χ2n) is 9.31. The Morgan fingerprint density at radius 1 is 0.844 bits per heavy atom. The second kappa shape index (κ2) is 8.94. The molecule has 6 nitrogen and oxygen atoms in total. The number of carbonyl (C=O) groups is 2. The van der Waals surface area contributed by atoms with Gasteiger partial charge in [0.05, 0.1) is 6.04 Å². The molecule has 32 heavy (non-hydrogen) atoms. The van der Waals surface area contributed by atoms with Gasteiger partial charge in [-0.2, -0.15) is 0 Å². The van der Waals surface area contributed by atoms with Gasteiger partial charge in [-0.05, 0) is 74.0 Å². The van der Waals surface area contributed by atoms with Gasteiger partial charge in [0.25, 0.3) is 5.91 Å². The Bertz CT molecular complexity index is 982. The smallest absolute Gasteiger partial charge is 0.254 e. The van der Waals surface area contributed by atoms with Crippen LogP contribution in [0.1, 0.15) is 47.2 Å². The predicted molar refractivity (Wildman–Crippen MR) is 125 cm³/mol. The molecule has 5 rings (SSSR count). The lowest BCUT2D eigenvalue weighted by molar-refractivity contribution is -0.123. The van der Waals surface area contributed by atoms with Crippen molar-refractivity contribution in [3.63, 3.8) is 0 Å². The zero-order valence-electron chi connectivity index (χ0n) is 18.6. The lowest BCUT2D eigenvalue weighted by Gasteiger charge is -2.39. The molecule has 2 N–H and O–H groups in total. The van der Waals surface area contributed by atoms with Crippen LogP contribution in [-0.2, 0) is 17.8 Å². The van der Waals surface area contributed by atoms with Crippen molar-refractivity contribution in [2.45, 2.75) is 50.7 Å². The van der Waals surface area contributed by atoms with E-state index in [9.17, 15) is 9.59 Å². The van der Waals surface area contributed by atoms with Crippen LogP contribution in [-0.4, -0.2) is 59.9 Å². The van der Waals surface area contributed by atoms with Crippen LogP contribution in [0.3, 0.4) is 0 Å². The first-order chi connectivity index (χ1) is 15.6. The topological polar surface area (TPSA) is 69.9 Å². The summed E-state index contributed by atoms with van der Waals surface area (Å²) in [5.74, 6) is -0.0707. The van der Waals surface area contributed by atoms with Crippen LogP contribution in [0.4, 0.5) is 5.69 Å². The molecule has 0 bridgehead atoms. The molecule has 168 valence electrons. The highest BCUT2D eigenvalue weighted by molar-refractivity contribution is 5.94. The fraction of sp³-hybridized carbons (Fsp3) is 0.462. The van der Waals surface area contributed by atoms with Gasteiger partial charge >= 0.3 is 0 Å². The molecule has 1 atom stereocenters. The largest absolute Gasteiger partial charge is 0.371 e. The van der Waals surface area contributed by atoms with Crippen molar-refractivity contribution in [2.24, 2.45) is 5.73 Å². The average Bonchev–Trinajstić information content (AvgIpc) is 3.34. The van der Waals surface area contributed by atoms with Crippen LogP contribution in [0, 0.1) is 0 Å². The fourth-order valence-electron chi connectivity index (χ4n) is 5.65. The predicted octanol–water partition coefficient (Wildman–Crippen LogP) is 2.80. The number of hydrogen-bond acceptors (Lipinski definition) is 4. The summed E-state index contributed by atoms with van der Waals surface area (Å²) >= 11 is 0. The normalized spacial score (nSPS) is 22.1. The molecule has 0 aliphatic carbocycles. The molecule has 3 aliphatic heterocycles. The van der Waals surface area contributed by atoms with Crippen molar-refractivity contribution in [3.8, 4) is 0 Å². The van der Waals surface area contributed by atoms with Crippen LogP contribution in [0.15, 0.2) is 48.5 Å². The van der Waals surface area contributed by atoms with E-state index < -0.39 is 0 Å². The summed E-state index contributed by atoms with van der Waals surface area (Å²) in [4.78, 5) is 31.5. The van der Waals surface area contributed by atoms with E-state index in [4.69, 9.17) is 5.73 Å². The number of nitrogens with zero attached hydrogens (tertiary/aromatic N) is 3. The maximum absolute atomic E-state index is 13.0. The Morgan fingerprint density at radius 3 is 2.28 bits per heavy atom. The number of hydrogen-bond donors (Lipinski definition) is 1. The second-order valence-corrected chi connectivity index (χ2v) is 9.31. The van der Waals surface area contributed by atoms with Crippen molar-refractivity contribution in [3.05, 3.63) is 65.2 Å². The summed E-state index contributed by atoms with van der Waals surface area (Å²) in [6.07, 6.45) is 4.96. The monoisotopic (exact) mass is 432 g/mol. The van der Waals surface area contributed by atoms with Gasteiger partial charge in [-0.25, -0.2) is 0 Å². The van der Waals surface area contributed by atoms with Crippen LogP contribution in [0.5, 0.6) is 0 Å². The first-order valence-electron chi connectivity index (χ1n) is 11.9. The number of rotatable bonds is 4. The summed E-state index contributed by atoms with van der Waals surface area (Å²) in [6.45, 7) is 4.36. The van der Waals surface area contributed by atoms with Crippen molar-refractivity contribution in [1.29, 1.82) is 0 Å². The number of piperidine rings is 1. The van der Waals surface area contributed by atoms with Gasteiger partial charge in [-0.1, -0.05) is 24.3 Å². The number of fused-ring (bicyclic) bond motifs is 1. The molecule has 2 amide bonds. The average molecular weight is 433 g/mol. The van der Waals surface area contributed by atoms with Crippen LogP contribution in [0.2, 0.25) is 0 Å². The number of benzene rings is 2. The number of anilines is 1. The van der Waals surface area contributed by atoms with Gasteiger partial charge in [0, 0.05) is 43.5 Å². The van der Waals surface area contributed by atoms with Crippen molar-refractivity contribution < 1.29 is 9.59 Å². The van der Waals surface area contributed by atoms with E-state index in [1.54, 1.807) is 0 Å². The first kappa shape index (κ1) is 21.0. The molecule has 2 aromatic rings. The summed E-state index contributed by atoms with van der Waals surface area (Å²) in [5.41, 5.74) is 10.1. The third-order valence-corrected chi connectivity index (χ3v) is 7.45. The highest BCUT2D eigenvalue weighted by Gasteiger charge is 2.35. The first-order valence-corrected chi connectivity index (χ1v) is 11.9. The lowest BCUT2D eigenvalue weighted by Crippen LogP contribution is -2.50. The highest BCUT2D eigenvalue weighted by Crippen LogP contribution is 2.28. The number of nitrogens with two attached hydrogens (primary N) is 1. The van der Waals surface area contributed by atoms with E-state index in [2.05, 4.69) is 40.1 Å². The van der Waals surface area contributed by atoms with Gasteiger partial charge in [-0.15, -0.1) is 0 Å². The Hall–Kier alpha value is -2.86. The minimum absolute atomic E-state index is 0.0846. The fourth-order valence-corrected chi connectivity index (χ4v) is 5.65. The maximum Gasteiger partial charge on any atom is 0.254 e. The van der Waals surface area contributed by atoms with Crippen molar-refractivity contribution in [2.75, 3.05) is 31.1 Å². The van der Waals surface area contributed by atoms with E-state index >= 15 is 0 Å². The molecule has 0 aromatic heterocycles. The number of carbonyl (C=O) groups excluding carboxylic acids is 2. The molecule has 6 heteroatoms. The SMILES string of the molecule is NC(=O)[C@@H]1CCCN1C1CCN(c2ccc(C(=O)N3CCc4ccccc4C3)cc2)CC1. The Labute approximate surface area is 190 Å². The van der Waals surface area contributed by atoms with Gasteiger partial charge in [0.1, 0.15) is 0 Å². The van der Waals surface area contributed by atoms with E-state index in [-0.39, 0.29) is 17.9 Å². The minimum Gasteiger partial charge on any atom is -0.371 e. The number of amides is 2. The highest BCUT2D eigenvalue weighted by atomic mass is 16.2.